The van der Waals surface area contributed by atoms with Crippen LogP contribution in [0.2, 0.25) is 5.02 Å². The van der Waals surface area contributed by atoms with Gasteiger partial charge in [-0.05, 0) is 36.2 Å². The zero-order chi connectivity index (χ0) is 30.6. The Kier molecular flexibility index (Phi) is 9.35. The van der Waals surface area contributed by atoms with Crippen LogP contribution in [-0.4, -0.2) is 81.9 Å². The van der Waals surface area contributed by atoms with E-state index in [1.54, 1.807) is 38.4 Å². The average molecular weight is 593 g/mol. The summed E-state index contributed by atoms with van der Waals surface area (Å²) in [7, 11) is 5.28. The number of allylic oxidation sites excluding steroid dienone is 1. The summed E-state index contributed by atoms with van der Waals surface area (Å²) < 4.78 is 0. The Labute approximate surface area is 248 Å². The number of nitrogens with two attached hydrogens (primary N) is 1. The van der Waals surface area contributed by atoms with Crippen LogP contribution in [0.3, 0.4) is 0 Å². The Hall–Kier alpha value is -4.59. The van der Waals surface area contributed by atoms with Crippen LogP contribution in [0.25, 0.3) is 11.3 Å². The number of aliphatic hydroxyl groups is 1. The predicted octanol–water partition coefficient (Wildman–Crippen LogP) is 2.17. The summed E-state index contributed by atoms with van der Waals surface area (Å²) in [4.78, 5) is 42.9. The highest BCUT2D eigenvalue weighted by atomic mass is 35.5. The fourth-order valence-electron chi connectivity index (χ4n) is 4.31. The van der Waals surface area contributed by atoms with E-state index in [0.29, 0.717) is 38.9 Å². The van der Waals surface area contributed by atoms with Gasteiger partial charge in [-0.3, -0.25) is 9.59 Å². The van der Waals surface area contributed by atoms with Gasteiger partial charge in [0.1, 0.15) is 11.9 Å². The molecule has 2 aromatic heterocycles. The van der Waals surface area contributed by atoms with E-state index in [-0.39, 0.29) is 25.0 Å². The maximum atomic E-state index is 13.5. The summed E-state index contributed by atoms with van der Waals surface area (Å²) in [5, 5.41) is 21.1. The molecule has 13 nitrogen and oxygen atoms in total. The number of benzene rings is 1. The molecule has 5 N–H and O–H groups in total. The Morgan fingerprint density at radius 1 is 1.29 bits per heavy atom. The monoisotopic (exact) mass is 592 g/mol. The molecule has 0 bridgehead atoms. The number of hydrogen-bond donors (Lipinski definition) is 4. The number of hydrazone groups is 1. The number of nitrogens with one attached hydrogen (secondary N) is 2. The first-order valence-electron chi connectivity index (χ1n) is 13.0. The molecule has 4 rings (SSSR count). The van der Waals surface area contributed by atoms with Crippen molar-refractivity contribution in [3.05, 3.63) is 76.7 Å². The average Bonchev–Trinajstić information content (AvgIpc) is 3.30. The molecule has 1 aliphatic heterocycles. The lowest BCUT2D eigenvalue weighted by molar-refractivity contribution is -0.126. The zero-order valence-corrected chi connectivity index (χ0v) is 24.5. The predicted molar refractivity (Wildman–Crippen MR) is 162 cm³/mol. The maximum Gasteiger partial charge on any atom is 0.255 e. The number of aliphatic hydroxyl groups excluding tert-OH is 1. The van der Waals surface area contributed by atoms with Gasteiger partial charge in [0.25, 0.3) is 5.91 Å². The van der Waals surface area contributed by atoms with Crippen molar-refractivity contribution in [2.75, 3.05) is 38.0 Å². The van der Waals surface area contributed by atoms with Crippen molar-refractivity contribution in [3.8, 4) is 11.3 Å². The molecule has 0 unspecified atom stereocenters. The third-order valence-corrected chi connectivity index (χ3v) is 6.88. The van der Waals surface area contributed by atoms with Crippen molar-refractivity contribution in [2.24, 2.45) is 10.9 Å². The van der Waals surface area contributed by atoms with Gasteiger partial charge in [-0.2, -0.15) is 5.10 Å². The van der Waals surface area contributed by atoms with Crippen LogP contribution in [0, 0.1) is 0 Å². The SMILES string of the molecule is C=C(/C=N\N(C)N)Nc1ncc(Cl)c(-c2ccc3c(c2)C(=O)N([C@H](C)C(=O)N[C@H](CO)c2ccnc(N(C)C)c2)C3)n1. The summed E-state index contributed by atoms with van der Waals surface area (Å²) >= 11 is 6.42. The van der Waals surface area contributed by atoms with E-state index in [0.717, 1.165) is 10.7 Å². The summed E-state index contributed by atoms with van der Waals surface area (Å²) in [6.45, 7) is 5.44. The fourth-order valence-corrected chi connectivity index (χ4v) is 4.51. The molecule has 3 heterocycles. The van der Waals surface area contributed by atoms with E-state index in [9.17, 15) is 14.7 Å². The van der Waals surface area contributed by atoms with Gasteiger partial charge >= 0.3 is 0 Å². The van der Waals surface area contributed by atoms with Gasteiger partial charge < -0.3 is 25.5 Å². The van der Waals surface area contributed by atoms with E-state index in [1.807, 2.05) is 31.1 Å². The van der Waals surface area contributed by atoms with Crippen molar-refractivity contribution >= 4 is 41.4 Å². The summed E-state index contributed by atoms with van der Waals surface area (Å²) in [5.41, 5.74) is 3.34. The lowest BCUT2D eigenvalue weighted by Crippen LogP contribution is -2.46. The molecule has 3 aromatic rings. The topological polar surface area (TPSA) is 165 Å². The second-order valence-electron chi connectivity index (χ2n) is 9.93. The van der Waals surface area contributed by atoms with Crippen LogP contribution < -0.4 is 21.4 Å². The first kappa shape index (κ1) is 30.4. The lowest BCUT2D eigenvalue weighted by Gasteiger charge is -2.26. The Balaban J connectivity index is 1.50. The van der Waals surface area contributed by atoms with Gasteiger partial charge in [-0.25, -0.2) is 25.9 Å². The molecular weight excluding hydrogens is 560 g/mol. The number of fused-ring (bicyclic) bond motifs is 1. The Morgan fingerprint density at radius 2 is 2.05 bits per heavy atom. The van der Waals surface area contributed by atoms with E-state index >= 15 is 0 Å². The number of anilines is 2. The Bertz CT molecular complexity index is 1530. The molecule has 0 aliphatic carbocycles. The van der Waals surface area contributed by atoms with Gasteiger partial charge in [0.05, 0.1) is 41.5 Å². The normalized spacial score (nSPS) is 14.0. The van der Waals surface area contributed by atoms with E-state index in [2.05, 4.69) is 37.3 Å². The van der Waals surface area contributed by atoms with Crippen LogP contribution in [0.1, 0.15) is 34.5 Å². The summed E-state index contributed by atoms with van der Waals surface area (Å²) in [6, 6.07) is 7.41. The number of hydrogen-bond acceptors (Lipinski definition) is 11. The molecule has 220 valence electrons. The molecule has 2 amide bonds. The minimum Gasteiger partial charge on any atom is -0.394 e. The highest BCUT2D eigenvalue weighted by Gasteiger charge is 2.35. The quantitative estimate of drug-likeness (QED) is 0.147. The van der Waals surface area contributed by atoms with E-state index in [1.165, 1.54) is 17.3 Å². The molecule has 2 atom stereocenters. The molecule has 0 fully saturated rings. The first-order chi connectivity index (χ1) is 20.0. The van der Waals surface area contributed by atoms with Crippen LogP contribution in [-0.2, 0) is 11.3 Å². The lowest BCUT2D eigenvalue weighted by atomic mass is 10.0. The number of halogens is 1. The van der Waals surface area contributed by atoms with E-state index in [4.69, 9.17) is 17.4 Å². The van der Waals surface area contributed by atoms with Crippen LogP contribution in [0.5, 0.6) is 0 Å². The number of carbonyl (C=O) groups excluding carboxylic acids is 2. The molecular formula is C28H33ClN10O3. The van der Waals surface area contributed by atoms with Crippen molar-refractivity contribution in [3.63, 3.8) is 0 Å². The van der Waals surface area contributed by atoms with Gasteiger partial charge in [-0.15, -0.1) is 0 Å². The summed E-state index contributed by atoms with van der Waals surface area (Å²) in [6.07, 6.45) is 4.48. The van der Waals surface area contributed by atoms with Crippen LogP contribution in [0.15, 0.2) is 60.1 Å². The third-order valence-electron chi connectivity index (χ3n) is 6.60. The van der Waals surface area contributed by atoms with Crippen molar-refractivity contribution < 1.29 is 14.7 Å². The number of hydrazine groups is 1. The number of rotatable bonds is 11. The van der Waals surface area contributed by atoms with E-state index < -0.39 is 18.0 Å². The Morgan fingerprint density at radius 3 is 2.74 bits per heavy atom. The van der Waals surface area contributed by atoms with Crippen LogP contribution >= 0.6 is 11.6 Å². The van der Waals surface area contributed by atoms with Crippen molar-refractivity contribution in [2.45, 2.75) is 25.6 Å². The van der Waals surface area contributed by atoms with Gasteiger partial charge in [0.15, 0.2) is 0 Å². The molecule has 0 saturated heterocycles. The second-order valence-corrected chi connectivity index (χ2v) is 10.3. The van der Waals surface area contributed by atoms with Gasteiger partial charge in [0.2, 0.25) is 11.9 Å². The molecule has 0 radical (unpaired) electrons. The number of amides is 2. The molecule has 14 heteroatoms. The summed E-state index contributed by atoms with van der Waals surface area (Å²) in [5.74, 6) is 5.71. The number of nitrogens with zero attached hydrogens (tertiary/aromatic N) is 7. The maximum absolute atomic E-state index is 13.5. The highest BCUT2D eigenvalue weighted by Crippen LogP contribution is 2.32. The molecule has 0 saturated carbocycles. The second kappa shape index (κ2) is 12.9. The number of pyridine rings is 1. The highest BCUT2D eigenvalue weighted by molar-refractivity contribution is 6.33. The molecule has 1 aromatic carbocycles. The first-order valence-corrected chi connectivity index (χ1v) is 13.4. The minimum atomic E-state index is -0.795. The minimum absolute atomic E-state index is 0.231. The molecule has 0 spiro atoms. The molecule has 42 heavy (non-hydrogen) atoms. The third kappa shape index (κ3) is 6.82. The smallest absolute Gasteiger partial charge is 0.255 e. The number of carbonyl (C=O) groups is 2. The van der Waals surface area contributed by atoms with Crippen molar-refractivity contribution in [1.82, 2.24) is 30.3 Å². The van der Waals surface area contributed by atoms with Crippen molar-refractivity contribution in [1.29, 1.82) is 0 Å². The van der Waals surface area contributed by atoms with Gasteiger partial charge in [0, 0.05) is 45.0 Å². The number of aromatic nitrogens is 3. The zero-order valence-electron chi connectivity index (χ0n) is 23.7. The molecule has 1 aliphatic rings. The standard InChI is InChI=1S/C28H33ClN10O3/c1-16(12-33-38(5)30)34-28-32-13-22(29)25(36-28)19-6-7-20-14-39(27(42)21(20)10-19)17(2)26(41)35-23(15-40)18-8-9-31-24(11-18)37(3)4/h6-13,17,23,40H,1,14-15,30H2,2-5H3,(H,35,41)(H,32,34,36)/b33-12-/t17-,23-/m1/s1. The fraction of sp³-hybridized carbons (Fsp3) is 0.286. The van der Waals surface area contributed by atoms with Gasteiger partial charge in [-0.1, -0.05) is 30.3 Å². The van der Waals surface area contributed by atoms with Crippen LogP contribution in [0.4, 0.5) is 11.8 Å². The largest absolute Gasteiger partial charge is 0.394 e.